The number of hydrogen-bond acceptors (Lipinski definition) is 13. The number of likely N-dealkylation sites (tertiary alicyclic amines) is 1. The minimum absolute atomic E-state index is 0.0693. The van der Waals surface area contributed by atoms with E-state index >= 15 is 0 Å². The number of quaternary nitrogens is 1. The number of thioether (sulfide) groups is 1. The molecule has 4 heterocycles. The number of nitrogens with one attached hydrogen (secondary N) is 1. The number of aliphatic carboxylic acids is 1. The molecule has 2 amide bonds. The summed E-state index contributed by atoms with van der Waals surface area (Å²) >= 11 is 2.10. The van der Waals surface area contributed by atoms with Gasteiger partial charge in [-0.15, -0.1) is 11.8 Å². The Balaban J connectivity index is 1.48. The van der Waals surface area contributed by atoms with Gasteiger partial charge in [0, 0.05) is 23.7 Å². The van der Waals surface area contributed by atoms with Gasteiger partial charge in [0.15, 0.2) is 5.13 Å². The van der Waals surface area contributed by atoms with E-state index in [4.69, 9.17) is 15.8 Å². The largest absolute Gasteiger partial charge is 0.477 e. The second-order valence-corrected chi connectivity index (χ2v) is 11.2. The number of aromatic nitrogens is 2. The molecule has 5 atom stereocenters. The van der Waals surface area contributed by atoms with Crippen LogP contribution in [0.1, 0.15) is 12.2 Å². The van der Waals surface area contributed by atoms with E-state index in [1.165, 1.54) is 11.8 Å². The predicted octanol–water partition coefficient (Wildman–Crippen LogP) is -1.77. The summed E-state index contributed by atoms with van der Waals surface area (Å²) < 4.78 is 4.33. The summed E-state index contributed by atoms with van der Waals surface area (Å²) in [5.74, 6) is -2.62. The van der Waals surface area contributed by atoms with Crippen molar-refractivity contribution in [2.45, 2.75) is 30.0 Å². The molecule has 3 aliphatic heterocycles. The highest BCUT2D eigenvalue weighted by atomic mass is 32.2. The molecule has 0 aromatic carbocycles. The Morgan fingerprint density at radius 1 is 1.46 bits per heavy atom. The van der Waals surface area contributed by atoms with Gasteiger partial charge in [0.25, 0.3) is 11.8 Å². The van der Waals surface area contributed by atoms with Crippen molar-refractivity contribution in [1.82, 2.24) is 19.6 Å². The molecule has 2 saturated heterocycles. The van der Waals surface area contributed by atoms with Crippen LogP contribution in [-0.4, -0.2) is 120 Å². The Hall–Kier alpha value is -3.56. The molecule has 0 saturated carbocycles. The summed E-state index contributed by atoms with van der Waals surface area (Å²) in [6.07, 6.45) is 3.42. The zero-order valence-corrected chi connectivity index (χ0v) is 22.4. The highest BCUT2D eigenvalue weighted by molar-refractivity contribution is 8.00. The zero-order chi connectivity index (χ0) is 28.3. The van der Waals surface area contributed by atoms with Crippen molar-refractivity contribution in [3.8, 4) is 6.07 Å². The zero-order valence-electron chi connectivity index (χ0n) is 20.8. The number of carboxylic acid groups (broad SMARTS) is 1. The van der Waals surface area contributed by atoms with Crippen molar-refractivity contribution in [1.29, 1.82) is 5.26 Å². The second-order valence-electron chi connectivity index (χ2n) is 9.34. The van der Waals surface area contributed by atoms with Gasteiger partial charge in [0.2, 0.25) is 18.1 Å². The number of nitrogens with zero attached hydrogens (tertiary/aromatic N) is 6. The molecule has 1 unspecified atom stereocenters. The summed E-state index contributed by atoms with van der Waals surface area (Å²) in [6, 6.07) is 0.540. The first-order valence-electron chi connectivity index (χ1n) is 11.8. The first-order valence-corrected chi connectivity index (χ1v) is 13.6. The van der Waals surface area contributed by atoms with Crippen LogP contribution >= 0.6 is 23.3 Å². The van der Waals surface area contributed by atoms with E-state index in [-0.39, 0.29) is 40.8 Å². The number of β-lactam (4-membered cyclic amide) rings is 1. The predicted molar refractivity (Wildman–Crippen MR) is 139 cm³/mol. The number of carbonyl (C=O) groups excluding carboxylic acids is 2. The lowest BCUT2D eigenvalue weighted by Crippen LogP contribution is -2.71. The van der Waals surface area contributed by atoms with Crippen molar-refractivity contribution in [2.24, 2.45) is 5.16 Å². The third-order valence-electron chi connectivity index (χ3n) is 6.75. The van der Waals surface area contributed by atoms with Gasteiger partial charge in [-0.05, 0) is 11.6 Å². The number of carboxylic acids is 1. The van der Waals surface area contributed by atoms with E-state index in [9.17, 15) is 29.7 Å². The van der Waals surface area contributed by atoms with Crippen LogP contribution in [0.25, 0.3) is 0 Å². The Bertz CT molecular complexity index is 1290. The first kappa shape index (κ1) is 28.4. The topological polar surface area (TPSA) is 224 Å². The van der Waals surface area contributed by atoms with Crippen molar-refractivity contribution < 1.29 is 39.0 Å². The van der Waals surface area contributed by atoms with Crippen LogP contribution in [0, 0.1) is 11.3 Å². The number of fused-ring (bicyclic) bond motifs is 1. The maximum Gasteiger partial charge on any atom is 0.352 e. The van der Waals surface area contributed by atoms with Gasteiger partial charge >= 0.3 is 5.97 Å². The fraction of sp³-hybridized carbons (Fsp3) is 0.500. The highest BCUT2D eigenvalue weighted by Crippen LogP contribution is 2.40. The quantitative estimate of drug-likeness (QED) is 0.0683. The number of allylic oxidation sites excluding steroid dienone is 1. The van der Waals surface area contributed by atoms with Crippen LogP contribution in [0.3, 0.4) is 0 Å². The molecule has 0 aliphatic carbocycles. The molecule has 3 aliphatic rings. The van der Waals surface area contributed by atoms with Gasteiger partial charge in [-0.2, -0.15) is 14.6 Å². The molecule has 39 heavy (non-hydrogen) atoms. The van der Waals surface area contributed by atoms with Crippen LogP contribution in [0.2, 0.25) is 0 Å². The van der Waals surface area contributed by atoms with Crippen LogP contribution in [-0.2, 0) is 19.2 Å². The molecule has 1 aromatic heterocycles. The van der Waals surface area contributed by atoms with Crippen molar-refractivity contribution >= 4 is 51.9 Å². The Labute approximate surface area is 231 Å². The van der Waals surface area contributed by atoms with E-state index in [1.54, 1.807) is 18.2 Å². The fourth-order valence-electron chi connectivity index (χ4n) is 4.83. The summed E-state index contributed by atoms with van der Waals surface area (Å²) in [5.41, 5.74) is 5.46. The number of nitriles is 1. The number of carbonyl (C=O) groups is 3. The van der Waals surface area contributed by atoms with Crippen LogP contribution in [0.15, 0.2) is 28.6 Å². The molecular formula is C22H27N8O7S2+. The van der Waals surface area contributed by atoms with Crippen molar-refractivity contribution in [3.05, 3.63) is 29.2 Å². The number of rotatable bonds is 10. The van der Waals surface area contributed by atoms with Gasteiger partial charge < -0.3 is 35.7 Å². The number of aliphatic hydroxyl groups is 2. The van der Waals surface area contributed by atoms with E-state index in [1.807, 2.05) is 7.05 Å². The minimum atomic E-state index is -1.28. The molecular weight excluding hydrogens is 552 g/mol. The van der Waals surface area contributed by atoms with E-state index < -0.39 is 41.9 Å². The van der Waals surface area contributed by atoms with Gasteiger partial charge in [0.1, 0.15) is 41.9 Å². The summed E-state index contributed by atoms with van der Waals surface area (Å²) in [5, 5.41) is 43.8. The maximum atomic E-state index is 13.0. The minimum Gasteiger partial charge on any atom is -0.477 e. The van der Waals surface area contributed by atoms with Gasteiger partial charge in [-0.3, -0.25) is 14.5 Å². The molecule has 17 heteroatoms. The number of aliphatic hydroxyl groups excluding tert-OH is 2. The highest BCUT2D eigenvalue weighted by Gasteiger charge is 2.54. The van der Waals surface area contributed by atoms with Gasteiger partial charge in [-0.25, -0.2) is 4.79 Å². The third kappa shape index (κ3) is 5.74. The molecule has 208 valence electrons. The molecule has 0 spiro atoms. The van der Waals surface area contributed by atoms with E-state index in [0.29, 0.717) is 29.6 Å². The molecule has 1 aromatic rings. The van der Waals surface area contributed by atoms with Crippen molar-refractivity contribution in [3.63, 3.8) is 0 Å². The summed E-state index contributed by atoms with van der Waals surface area (Å²) in [6.45, 7) is 0.428. The maximum absolute atomic E-state index is 13.0. The third-order valence-corrected chi connectivity index (χ3v) is 8.59. The summed E-state index contributed by atoms with van der Waals surface area (Å²) in [7, 11) is 1.92. The number of oxime groups is 1. The number of amides is 2. The van der Waals surface area contributed by atoms with Gasteiger partial charge in [-0.1, -0.05) is 11.2 Å². The number of hydrogen-bond donors (Lipinski definition) is 5. The lowest BCUT2D eigenvalue weighted by atomic mass is 10.0. The van der Waals surface area contributed by atoms with Crippen LogP contribution in [0.5, 0.6) is 0 Å². The molecule has 6 N–H and O–H groups in total. The average molecular weight is 580 g/mol. The molecule has 0 bridgehead atoms. The fourth-order valence-corrected chi connectivity index (χ4v) is 6.58. The smallest absolute Gasteiger partial charge is 0.352 e. The standard InChI is InChI=1S/C22H26N8O7S2/c1-30(8-13(32)7-12(30)9-31)5-2-3-11-10-38-20-15(19(34)29(20)16(11)21(35)36)25-18(33)14(27-37-6-4-23)17-26-22(24)39-28-17/h2-3,12-13,15,20,31-32H,5-10H2,1H3,(H3-,24,25,26,28,33,35,36)/p+1/b3-2+,27-14-/t12-,13?,15-,20-,30-/m1/s1. The number of nitrogen functional groups attached to an aromatic ring is 1. The molecule has 0 radical (unpaired) electrons. The number of nitrogens with two attached hydrogens (primary N) is 1. The van der Waals surface area contributed by atoms with Crippen LogP contribution < -0.4 is 11.1 Å². The molecule has 4 rings (SSSR count). The normalized spacial score (nSPS) is 28.7. The Kier molecular flexibility index (Phi) is 8.51. The lowest BCUT2D eigenvalue weighted by Gasteiger charge is -2.49. The van der Waals surface area contributed by atoms with E-state index in [0.717, 1.165) is 16.4 Å². The number of likely N-dealkylation sites (N-methyl/N-ethyl adjacent to an activating group) is 1. The summed E-state index contributed by atoms with van der Waals surface area (Å²) in [4.78, 5) is 47.9. The van der Waals surface area contributed by atoms with Crippen molar-refractivity contribution in [2.75, 3.05) is 44.8 Å². The van der Waals surface area contributed by atoms with E-state index in [2.05, 4.69) is 19.8 Å². The molecule has 15 nitrogen and oxygen atoms in total. The first-order chi connectivity index (χ1) is 18.6. The number of anilines is 1. The average Bonchev–Trinajstić information content (AvgIpc) is 3.45. The molecule has 2 fully saturated rings. The SMILES string of the molecule is C[N@@+]1(C/C=C/C2=C(C(=O)O)N3C(=O)[C@@H](NC(=O)/C(=N\OCC#N)c4nsc(N)n4)[C@H]3SC2)CC(O)C[C@@H]1CO. The second kappa shape index (κ2) is 11.7. The Morgan fingerprint density at radius 3 is 2.87 bits per heavy atom. The Morgan fingerprint density at radius 2 is 2.23 bits per heavy atom. The lowest BCUT2D eigenvalue weighted by molar-refractivity contribution is -0.917. The van der Waals surface area contributed by atoms with Crippen LogP contribution in [0.4, 0.5) is 5.13 Å². The monoisotopic (exact) mass is 579 g/mol. The van der Waals surface area contributed by atoms with Gasteiger partial charge in [0.05, 0.1) is 20.2 Å².